The van der Waals surface area contributed by atoms with Crippen molar-refractivity contribution in [3.05, 3.63) is 82.8 Å². The van der Waals surface area contributed by atoms with E-state index in [-0.39, 0.29) is 5.56 Å². The first-order valence-corrected chi connectivity index (χ1v) is 8.74. The van der Waals surface area contributed by atoms with Crippen molar-refractivity contribution in [1.29, 1.82) is 0 Å². The summed E-state index contributed by atoms with van der Waals surface area (Å²) in [6.45, 7) is 2.07. The van der Waals surface area contributed by atoms with Crippen LogP contribution in [-0.4, -0.2) is 9.55 Å². The zero-order valence-electron chi connectivity index (χ0n) is 14.7. The van der Waals surface area contributed by atoms with Gasteiger partial charge in [-0.3, -0.25) is 4.79 Å². The van der Waals surface area contributed by atoms with Gasteiger partial charge in [-0.05, 0) is 47.7 Å². The van der Waals surface area contributed by atoms with E-state index in [0.29, 0.717) is 0 Å². The first-order chi connectivity index (χ1) is 12.6. The number of para-hydroxylation sites is 1. The van der Waals surface area contributed by atoms with Crippen LogP contribution in [0.2, 0.25) is 0 Å². The summed E-state index contributed by atoms with van der Waals surface area (Å²) in [5.41, 5.74) is 5.60. The summed E-state index contributed by atoms with van der Waals surface area (Å²) in [5.74, 6) is 0. The molecule has 0 saturated carbocycles. The zero-order valence-corrected chi connectivity index (χ0v) is 14.7. The molecule has 3 aromatic carbocycles. The second kappa shape index (κ2) is 5.33. The highest BCUT2D eigenvalue weighted by Crippen LogP contribution is 2.33. The Labute approximate surface area is 150 Å². The van der Waals surface area contributed by atoms with Crippen molar-refractivity contribution in [2.75, 3.05) is 0 Å². The molecule has 0 saturated heterocycles. The van der Waals surface area contributed by atoms with Gasteiger partial charge in [-0.25, -0.2) is 0 Å². The maximum atomic E-state index is 12.7. The van der Waals surface area contributed by atoms with Crippen LogP contribution in [0.4, 0.5) is 0 Å². The Kier molecular flexibility index (Phi) is 3.07. The number of rotatable bonds is 1. The van der Waals surface area contributed by atoms with Gasteiger partial charge < -0.3 is 9.55 Å². The average Bonchev–Trinajstić information content (AvgIpc) is 3.10. The number of aromatic amines is 1. The summed E-state index contributed by atoms with van der Waals surface area (Å²) < 4.78 is 1.75. The molecule has 0 spiro atoms. The number of hydrogen-bond donors (Lipinski definition) is 1. The van der Waals surface area contributed by atoms with Crippen LogP contribution in [0.1, 0.15) is 5.56 Å². The number of H-pyrrole nitrogens is 1. The Hall–Kier alpha value is -3.33. The maximum absolute atomic E-state index is 12.7. The number of pyridine rings is 1. The van der Waals surface area contributed by atoms with E-state index in [1.807, 2.05) is 25.2 Å². The van der Waals surface area contributed by atoms with Gasteiger partial charge >= 0.3 is 0 Å². The second-order valence-electron chi connectivity index (χ2n) is 6.84. The summed E-state index contributed by atoms with van der Waals surface area (Å²) in [5, 5.41) is 4.14. The van der Waals surface area contributed by atoms with E-state index >= 15 is 0 Å². The number of nitrogens with one attached hydrogen (secondary N) is 1. The molecule has 0 bridgehead atoms. The summed E-state index contributed by atoms with van der Waals surface area (Å²) in [6.07, 6.45) is 2.06. The highest BCUT2D eigenvalue weighted by atomic mass is 16.1. The molecular weight excluding hydrogens is 320 g/mol. The molecule has 0 amide bonds. The van der Waals surface area contributed by atoms with Gasteiger partial charge in [0.2, 0.25) is 0 Å². The highest BCUT2D eigenvalue weighted by molar-refractivity contribution is 6.09. The molecule has 0 radical (unpaired) electrons. The van der Waals surface area contributed by atoms with Crippen molar-refractivity contribution in [2.24, 2.45) is 7.05 Å². The van der Waals surface area contributed by atoms with Crippen molar-refractivity contribution in [3.63, 3.8) is 0 Å². The molecule has 126 valence electrons. The van der Waals surface area contributed by atoms with Gasteiger partial charge in [0.25, 0.3) is 5.56 Å². The van der Waals surface area contributed by atoms with Crippen molar-refractivity contribution in [1.82, 2.24) is 9.55 Å². The molecule has 0 fully saturated rings. The fraction of sp³-hybridized carbons (Fsp3) is 0.0870. The Morgan fingerprint density at radius 2 is 1.69 bits per heavy atom. The van der Waals surface area contributed by atoms with Crippen LogP contribution < -0.4 is 5.56 Å². The van der Waals surface area contributed by atoms with E-state index in [4.69, 9.17) is 0 Å². The van der Waals surface area contributed by atoms with Crippen molar-refractivity contribution in [2.45, 2.75) is 6.92 Å². The van der Waals surface area contributed by atoms with Crippen molar-refractivity contribution < 1.29 is 0 Å². The molecule has 26 heavy (non-hydrogen) atoms. The van der Waals surface area contributed by atoms with Crippen LogP contribution in [0.3, 0.4) is 0 Å². The number of aryl methyl sites for hydroxylation is 2. The molecule has 0 aliphatic rings. The van der Waals surface area contributed by atoms with Crippen LogP contribution in [-0.2, 0) is 7.05 Å². The lowest BCUT2D eigenvalue weighted by Crippen LogP contribution is -2.17. The van der Waals surface area contributed by atoms with Crippen LogP contribution in [0.15, 0.2) is 71.7 Å². The Morgan fingerprint density at radius 3 is 2.58 bits per heavy atom. The van der Waals surface area contributed by atoms with Gasteiger partial charge in [-0.15, -0.1) is 0 Å². The summed E-state index contributed by atoms with van der Waals surface area (Å²) in [6, 6.07) is 20.6. The minimum atomic E-state index is 0.0519. The Morgan fingerprint density at radius 1 is 0.885 bits per heavy atom. The quantitative estimate of drug-likeness (QED) is 0.422. The van der Waals surface area contributed by atoms with E-state index in [2.05, 4.69) is 60.6 Å². The minimum absolute atomic E-state index is 0.0519. The third-order valence-corrected chi connectivity index (χ3v) is 5.34. The molecule has 1 N–H and O–H groups in total. The van der Waals surface area contributed by atoms with Gasteiger partial charge in [0.15, 0.2) is 0 Å². The molecular formula is C23H18N2O. The largest absolute Gasteiger partial charge is 0.361 e. The van der Waals surface area contributed by atoms with E-state index < -0.39 is 0 Å². The molecule has 0 atom stereocenters. The lowest BCUT2D eigenvalue weighted by Gasteiger charge is -2.12. The minimum Gasteiger partial charge on any atom is -0.361 e. The third kappa shape index (κ3) is 1.97. The predicted octanol–water partition coefficient (Wildman–Crippen LogP) is 5.15. The molecule has 3 heteroatoms. The predicted molar refractivity (Wildman–Crippen MR) is 109 cm³/mol. The molecule has 2 aromatic heterocycles. The summed E-state index contributed by atoms with van der Waals surface area (Å²) in [4.78, 5) is 16.1. The maximum Gasteiger partial charge on any atom is 0.258 e. The lowest BCUT2D eigenvalue weighted by molar-refractivity contribution is 0.918. The smallest absolute Gasteiger partial charge is 0.258 e. The second-order valence-corrected chi connectivity index (χ2v) is 6.84. The van der Waals surface area contributed by atoms with Gasteiger partial charge in [-0.2, -0.15) is 0 Å². The number of benzene rings is 3. The SMILES string of the molecule is Cc1cccc2c(=O)n(C)c3ccc(-c4c[nH]c5ccccc45)cc3c12. The third-order valence-electron chi connectivity index (χ3n) is 5.34. The van der Waals surface area contributed by atoms with Crippen LogP contribution >= 0.6 is 0 Å². The fourth-order valence-electron chi connectivity index (χ4n) is 4.00. The van der Waals surface area contributed by atoms with E-state index in [1.165, 1.54) is 10.9 Å². The molecule has 3 nitrogen and oxygen atoms in total. The first kappa shape index (κ1) is 15.0. The van der Waals surface area contributed by atoms with Crippen molar-refractivity contribution in [3.8, 4) is 11.1 Å². The van der Waals surface area contributed by atoms with Gasteiger partial charge in [0.05, 0.1) is 5.52 Å². The highest BCUT2D eigenvalue weighted by Gasteiger charge is 2.12. The lowest BCUT2D eigenvalue weighted by atomic mass is 9.97. The van der Waals surface area contributed by atoms with Crippen LogP contribution in [0.25, 0.3) is 43.7 Å². The molecule has 0 aliphatic heterocycles. The molecule has 0 unspecified atom stereocenters. The van der Waals surface area contributed by atoms with Gasteiger partial charge in [-0.1, -0.05) is 36.4 Å². The van der Waals surface area contributed by atoms with E-state index in [0.717, 1.165) is 38.3 Å². The fourth-order valence-corrected chi connectivity index (χ4v) is 4.00. The van der Waals surface area contributed by atoms with Crippen molar-refractivity contribution >= 4 is 32.6 Å². The Balaban J connectivity index is 1.92. The number of hydrogen-bond acceptors (Lipinski definition) is 1. The monoisotopic (exact) mass is 338 g/mol. The summed E-state index contributed by atoms with van der Waals surface area (Å²) >= 11 is 0. The van der Waals surface area contributed by atoms with Crippen LogP contribution in [0.5, 0.6) is 0 Å². The normalized spacial score (nSPS) is 11.6. The van der Waals surface area contributed by atoms with E-state index in [1.54, 1.807) is 4.57 Å². The number of fused-ring (bicyclic) bond motifs is 4. The number of aromatic nitrogens is 2. The van der Waals surface area contributed by atoms with E-state index in [9.17, 15) is 4.79 Å². The van der Waals surface area contributed by atoms with Gasteiger partial charge in [0, 0.05) is 40.5 Å². The summed E-state index contributed by atoms with van der Waals surface area (Å²) in [7, 11) is 1.85. The topological polar surface area (TPSA) is 37.8 Å². The van der Waals surface area contributed by atoms with Crippen LogP contribution in [0, 0.1) is 6.92 Å². The zero-order chi connectivity index (χ0) is 17.8. The Bertz CT molecular complexity index is 1370. The van der Waals surface area contributed by atoms with Gasteiger partial charge in [0.1, 0.15) is 0 Å². The average molecular weight is 338 g/mol. The number of nitrogens with zero attached hydrogens (tertiary/aromatic N) is 1. The molecule has 5 rings (SSSR count). The first-order valence-electron chi connectivity index (χ1n) is 8.74. The molecule has 0 aliphatic carbocycles. The molecule has 2 heterocycles. The molecule has 5 aromatic rings. The standard InChI is InChI=1S/C23H18N2O/c1-14-6-5-8-17-22(14)18-12-15(10-11-21(18)25(2)23(17)26)19-13-24-20-9-4-3-7-16(19)20/h3-13,24H,1-2H3.